The van der Waals surface area contributed by atoms with E-state index in [-0.39, 0.29) is 10.2 Å². The lowest BCUT2D eigenvalue weighted by molar-refractivity contribution is 0.562. The molecule has 0 aromatic heterocycles. The first kappa shape index (κ1) is 9.03. The second-order valence-corrected chi connectivity index (χ2v) is 2.78. The number of rotatable bonds is 1. The Kier molecular flexibility index (Phi) is 2.68. The van der Waals surface area contributed by atoms with E-state index >= 15 is 0 Å². The largest absolute Gasteiger partial charge is 0.240 e. The minimum Gasteiger partial charge on any atom is -0.211 e. The van der Waals surface area contributed by atoms with E-state index in [1.165, 1.54) is 6.08 Å². The molecule has 0 aliphatic rings. The van der Waals surface area contributed by atoms with Crippen molar-refractivity contribution in [3.05, 3.63) is 28.2 Å². The molecule has 0 fully saturated rings. The second-order valence-electron chi connectivity index (χ2n) is 1.92. The van der Waals surface area contributed by atoms with Crippen molar-refractivity contribution in [2.24, 2.45) is 4.99 Å². The average Bonchev–Trinajstić information content (AvgIpc) is 1.96. The highest BCUT2D eigenvalue weighted by Crippen LogP contribution is 2.28. The molecule has 12 heavy (non-hydrogen) atoms. The van der Waals surface area contributed by atoms with Crippen LogP contribution in [-0.2, 0) is 4.79 Å². The lowest BCUT2D eigenvalue weighted by Crippen LogP contribution is -1.81. The van der Waals surface area contributed by atoms with Crippen molar-refractivity contribution >= 4 is 27.7 Å². The number of halogens is 3. The molecule has 0 atom stereocenters. The van der Waals surface area contributed by atoms with Crippen LogP contribution in [0.15, 0.2) is 21.6 Å². The molecule has 0 unspecified atom stereocenters. The summed E-state index contributed by atoms with van der Waals surface area (Å²) in [5, 5.41) is 0. The summed E-state index contributed by atoms with van der Waals surface area (Å²) in [5.74, 6) is -1.63. The Morgan fingerprint density at radius 1 is 1.42 bits per heavy atom. The first-order valence-electron chi connectivity index (χ1n) is 2.87. The summed E-state index contributed by atoms with van der Waals surface area (Å²) < 4.78 is 25.3. The van der Waals surface area contributed by atoms with Crippen molar-refractivity contribution in [2.45, 2.75) is 0 Å². The van der Waals surface area contributed by atoms with E-state index in [0.717, 1.165) is 6.07 Å². The summed E-state index contributed by atoms with van der Waals surface area (Å²) in [6.07, 6.45) is 1.17. The molecule has 62 valence electrons. The zero-order chi connectivity index (χ0) is 9.14. The summed E-state index contributed by atoms with van der Waals surface area (Å²) in [6.45, 7) is 0. The van der Waals surface area contributed by atoms with Gasteiger partial charge in [-0.2, -0.15) is 4.99 Å². The van der Waals surface area contributed by atoms with Gasteiger partial charge >= 0.3 is 0 Å². The van der Waals surface area contributed by atoms with E-state index in [0.29, 0.717) is 6.07 Å². The smallest absolute Gasteiger partial charge is 0.211 e. The third kappa shape index (κ3) is 1.75. The average molecular weight is 234 g/mol. The molecule has 1 aromatic carbocycles. The van der Waals surface area contributed by atoms with Crippen LogP contribution in [-0.4, -0.2) is 6.08 Å². The summed E-state index contributed by atoms with van der Waals surface area (Å²) in [6, 6.07) is 1.65. The highest BCUT2D eigenvalue weighted by Gasteiger charge is 2.07. The molecule has 0 amide bonds. The van der Waals surface area contributed by atoms with Crippen LogP contribution in [0, 0.1) is 11.6 Å². The highest BCUT2D eigenvalue weighted by molar-refractivity contribution is 9.10. The highest BCUT2D eigenvalue weighted by atomic mass is 79.9. The van der Waals surface area contributed by atoms with Crippen molar-refractivity contribution in [1.29, 1.82) is 0 Å². The Morgan fingerprint density at radius 3 is 2.58 bits per heavy atom. The van der Waals surface area contributed by atoms with Crippen LogP contribution >= 0.6 is 15.9 Å². The van der Waals surface area contributed by atoms with Crippen molar-refractivity contribution < 1.29 is 13.6 Å². The number of benzene rings is 1. The van der Waals surface area contributed by atoms with Crippen LogP contribution in [0.5, 0.6) is 0 Å². The Labute approximate surface area is 75.1 Å². The number of aliphatic imine (C=N–C) groups is 1. The van der Waals surface area contributed by atoms with Gasteiger partial charge in [0.15, 0.2) is 5.82 Å². The maximum Gasteiger partial charge on any atom is 0.240 e. The molecule has 1 rings (SSSR count). The molecule has 0 aliphatic heterocycles. The molecule has 5 heteroatoms. The van der Waals surface area contributed by atoms with Crippen molar-refractivity contribution in [3.8, 4) is 0 Å². The second kappa shape index (κ2) is 3.56. The molecular weight excluding hydrogens is 232 g/mol. The quantitative estimate of drug-likeness (QED) is 0.542. The fourth-order valence-corrected chi connectivity index (χ4v) is 1.18. The summed E-state index contributed by atoms with van der Waals surface area (Å²) >= 11 is 2.85. The predicted octanol–water partition coefficient (Wildman–Crippen LogP) is 2.69. The fraction of sp³-hybridized carbons (Fsp3) is 0. The predicted molar refractivity (Wildman–Crippen MR) is 41.8 cm³/mol. The van der Waals surface area contributed by atoms with Gasteiger partial charge in [0.2, 0.25) is 6.08 Å². The molecule has 1 aromatic rings. The first-order chi connectivity index (χ1) is 5.65. The minimum absolute atomic E-state index is 0.0864. The molecule has 0 saturated heterocycles. The van der Waals surface area contributed by atoms with Crippen LogP contribution in [0.25, 0.3) is 0 Å². The molecule has 0 saturated carbocycles. The number of carbonyl (C=O) groups excluding carboxylic acids is 1. The monoisotopic (exact) mass is 233 g/mol. The van der Waals surface area contributed by atoms with Gasteiger partial charge in [-0.1, -0.05) is 0 Å². The molecule has 0 aliphatic carbocycles. The molecule has 0 heterocycles. The van der Waals surface area contributed by atoms with Crippen LogP contribution < -0.4 is 0 Å². The first-order valence-corrected chi connectivity index (χ1v) is 3.67. The third-order valence-electron chi connectivity index (χ3n) is 1.14. The van der Waals surface area contributed by atoms with Gasteiger partial charge in [-0.05, 0) is 22.0 Å². The van der Waals surface area contributed by atoms with E-state index in [9.17, 15) is 13.6 Å². The summed E-state index contributed by atoms with van der Waals surface area (Å²) in [5.41, 5.74) is -0.244. The minimum atomic E-state index is -0.898. The normalized spacial score (nSPS) is 9.25. The SMILES string of the molecule is O=C=Nc1c(F)cc(F)cc1Br. The molecule has 0 spiro atoms. The zero-order valence-electron chi connectivity index (χ0n) is 5.64. The van der Waals surface area contributed by atoms with Crippen LogP contribution in [0.4, 0.5) is 14.5 Å². The van der Waals surface area contributed by atoms with Gasteiger partial charge in [0, 0.05) is 6.07 Å². The van der Waals surface area contributed by atoms with Crippen molar-refractivity contribution in [3.63, 3.8) is 0 Å². The van der Waals surface area contributed by atoms with Crippen LogP contribution in [0.3, 0.4) is 0 Å². The lowest BCUT2D eigenvalue weighted by atomic mass is 10.3. The number of isocyanates is 1. The van der Waals surface area contributed by atoms with E-state index in [1.807, 2.05) is 0 Å². The number of hydrogen-bond acceptors (Lipinski definition) is 2. The molecular formula is C7H2BrF2NO. The Morgan fingerprint density at radius 2 is 2.08 bits per heavy atom. The summed E-state index contributed by atoms with van der Waals surface area (Å²) in [4.78, 5) is 12.8. The standard InChI is InChI=1S/C7H2BrF2NO/c8-5-1-4(9)2-6(10)7(5)11-3-12/h1-2H. The van der Waals surface area contributed by atoms with Gasteiger partial charge in [-0.3, -0.25) is 0 Å². The topological polar surface area (TPSA) is 29.4 Å². The van der Waals surface area contributed by atoms with E-state index in [1.54, 1.807) is 0 Å². The Balaban J connectivity index is 3.37. The zero-order valence-corrected chi connectivity index (χ0v) is 7.23. The molecule has 0 N–H and O–H groups in total. The molecule has 2 nitrogen and oxygen atoms in total. The van der Waals surface area contributed by atoms with Gasteiger partial charge in [-0.15, -0.1) is 0 Å². The van der Waals surface area contributed by atoms with Gasteiger partial charge in [0.25, 0.3) is 0 Å². The summed E-state index contributed by atoms with van der Waals surface area (Å²) in [7, 11) is 0. The molecule has 0 radical (unpaired) electrons. The van der Waals surface area contributed by atoms with E-state index in [2.05, 4.69) is 20.9 Å². The van der Waals surface area contributed by atoms with Gasteiger partial charge < -0.3 is 0 Å². The Hall–Kier alpha value is -1.06. The Bertz CT molecular complexity index is 337. The van der Waals surface area contributed by atoms with Crippen LogP contribution in [0.1, 0.15) is 0 Å². The number of nitrogens with zero attached hydrogens (tertiary/aromatic N) is 1. The molecule has 0 bridgehead atoms. The maximum atomic E-state index is 12.8. The lowest BCUT2D eigenvalue weighted by Gasteiger charge is -1.97. The van der Waals surface area contributed by atoms with Crippen LogP contribution in [0.2, 0.25) is 0 Å². The van der Waals surface area contributed by atoms with E-state index in [4.69, 9.17) is 0 Å². The third-order valence-corrected chi connectivity index (χ3v) is 1.74. The fourth-order valence-electron chi connectivity index (χ4n) is 0.687. The number of hydrogen-bond donors (Lipinski definition) is 0. The van der Waals surface area contributed by atoms with Crippen molar-refractivity contribution in [2.75, 3.05) is 0 Å². The van der Waals surface area contributed by atoms with Gasteiger partial charge in [-0.25, -0.2) is 13.6 Å². The van der Waals surface area contributed by atoms with Gasteiger partial charge in [0.1, 0.15) is 11.5 Å². The van der Waals surface area contributed by atoms with Crippen molar-refractivity contribution in [1.82, 2.24) is 0 Å². The van der Waals surface area contributed by atoms with E-state index < -0.39 is 11.6 Å². The van der Waals surface area contributed by atoms with Gasteiger partial charge in [0.05, 0.1) is 4.47 Å². The maximum absolute atomic E-state index is 12.8.